The summed E-state index contributed by atoms with van der Waals surface area (Å²) in [4.78, 5) is 10.9. The maximum atomic E-state index is 10.9. The molecule has 0 aliphatic rings. The van der Waals surface area contributed by atoms with Crippen molar-refractivity contribution in [3.05, 3.63) is 53.9 Å². The number of rotatable bonds is 4. The zero-order valence-corrected chi connectivity index (χ0v) is 9.79. The zero-order chi connectivity index (χ0) is 12.0. The van der Waals surface area contributed by atoms with Gasteiger partial charge in [0, 0.05) is 13.3 Å². The smallest absolute Gasteiger partial charge is 0.221 e. The molecule has 0 radical (unpaired) electrons. The largest absolute Gasteiger partial charge is 0.323 e. The van der Waals surface area contributed by atoms with E-state index in [0.29, 0.717) is 5.92 Å². The van der Waals surface area contributed by atoms with Crippen molar-refractivity contribution in [1.29, 1.82) is 0 Å². The van der Waals surface area contributed by atoms with Crippen LogP contribution >= 0.6 is 0 Å². The van der Waals surface area contributed by atoms with E-state index in [2.05, 4.69) is 36.7 Å². The Morgan fingerprint density at radius 2 is 2.06 bits per heavy atom. The summed E-state index contributed by atoms with van der Waals surface area (Å²) >= 11 is 0. The van der Waals surface area contributed by atoms with Crippen LogP contribution in [0.3, 0.4) is 0 Å². The van der Waals surface area contributed by atoms with E-state index in [4.69, 9.17) is 0 Å². The summed E-state index contributed by atoms with van der Waals surface area (Å²) in [5.74, 6) is 0.267. The number of carbonyl (C=O) groups excluding carboxylic acids is 1. The van der Waals surface area contributed by atoms with E-state index in [1.54, 1.807) is 0 Å². The van der Waals surface area contributed by atoms with Gasteiger partial charge in [-0.2, -0.15) is 0 Å². The molecule has 1 unspecified atom stereocenters. The molecule has 84 valence electrons. The normalized spacial score (nSPS) is 11.4. The first-order valence-electron chi connectivity index (χ1n) is 5.35. The lowest BCUT2D eigenvalue weighted by molar-refractivity contribution is -0.118. The van der Waals surface area contributed by atoms with Crippen molar-refractivity contribution in [3.63, 3.8) is 0 Å². The fourth-order valence-electron chi connectivity index (χ4n) is 1.59. The average Bonchev–Trinajstić information content (AvgIpc) is 2.28. The molecule has 2 heteroatoms. The number of allylic oxidation sites excluding steroid dienone is 1. The van der Waals surface area contributed by atoms with E-state index in [0.717, 1.165) is 12.1 Å². The van der Waals surface area contributed by atoms with E-state index >= 15 is 0 Å². The van der Waals surface area contributed by atoms with E-state index in [1.807, 2.05) is 18.2 Å². The van der Waals surface area contributed by atoms with E-state index in [-0.39, 0.29) is 5.91 Å². The monoisotopic (exact) mass is 215 g/mol. The molecule has 1 aromatic rings. The minimum Gasteiger partial charge on any atom is -0.323 e. The molecule has 16 heavy (non-hydrogen) atoms. The molecule has 1 atom stereocenters. The highest BCUT2D eigenvalue weighted by molar-refractivity contribution is 5.74. The Morgan fingerprint density at radius 1 is 1.44 bits per heavy atom. The van der Waals surface area contributed by atoms with Crippen molar-refractivity contribution < 1.29 is 4.79 Å². The van der Waals surface area contributed by atoms with Gasteiger partial charge in [0.1, 0.15) is 0 Å². The molecule has 1 amide bonds. The fraction of sp³-hybridized carbons (Fsp3) is 0.286. The van der Waals surface area contributed by atoms with Crippen molar-refractivity contribution in [2.24, 2.45) is 0 Å². The highest BCUT2D eigenvalue weighted by atomic mass is 16.1. The van der Waals surface area contributed by atoms with Crippen LogP contribution in [0.2, 0.25) is 0 Å². The quantitative estimate of drug-likeness (QED) is 0.769. The fourth-order valence-corrected chi connectivity index (χ4v) is 1.59. The van der Waals surface area contributed by atoms with Gasteiger partial charge in [-0.05, 0) is 11.5 Å². The van der Waals surface area contributed by atoms with Crippen molar-refractivity contribution in [2.75, 3.05) is 0 Å². The lowest BCUT2D eigenvalue weighted by atomic mass is 9.96. The molecule has 0 aliphatic carbocycles. The Kier molecular flexibility index (Phi) is 4.56. The maximum Gasteiger partial charge on any atom is 0.221 e. The molecule has 0 aliphatic heterocycles. The summed E-state index contributed by atoms with van der Waals surface area (Å²) in [7, 11) is 0. The zero-order valence-electron chi connectivity index (χ0n) is 9.79. The summed E-state index contributed by atoms with van der Waals surface area (Å²) in [5, 5.41) is 2.73. The topological polar surface area (TPSA) is 29.1 Å². The summed E-state index contributed by atoms with van der Waals surface area (Å²) in [6.07, 6.45) is 0.743. The first-order valence-corrected chi connectivity index (χ1v) is 5.35. The molecule has 0 aromatic heterocycles. The van der Waals surface area contributed by atoms with Crippen LogP contribution in [-0.2, 0) is 4.79 Å². The number of benzene rings is 1. The molecule has 0 bridgehead atoms. The summed E-state index contributed by atoms with van der Waals surface area (Å²) < 4.78 is 0. The Labute approximate surface area is 96.7 Å². The van der Waals surface area contributed by atoms with Gasteiger partial charge >= 0.3 is 0 Å². The lowest BCUT2D eigenvalue weighted by Gasteiger charge is -2.13. The number of carbonyl (C=O) groups is 1. The van der Waals surface area contributed by atoms with Crippen LogP contribution in [0.1, 0.15) is 31.7 Å². The molecule has 1 aromatic carbocycles. The van der Waals surface area contributed by atoms with Crippen LogP contribution in [-0.4, -0.2) is 5.91 Å². The van der Waals surface area contributed by atoms with Gasteiger partial charge in [0.15, 0.2) is 0 Å². The number of amides is 1. The Bertz CT molecular complexity index is 402. The molecular formula is C14H17NO. The van der Waals surface area contributed by atoms with Crippen LogP contribution in [0.15, 0.2) is 48.3 Å². The maximum absolute atomic E-state index is 10.9. The van der Waals surface area contributed by atoms with Gasteiger partial charge in [-0.1, -0.05) is 43.8 Å². The minimum atomic E-state index is -0.0774. The van der Waals surface area contributed by atoms with E-state index < -0.39 is 0 Å². The molecule has 0 fully saturated rings. The van der Waals surface area contributed by atoms with E-state index in [1.165, 1.54) is 12.5 Å². The molecule has 1 rings (SSSR count). The first kappa shape index (κ1) is 12.3. The SMILES string of the molecule is C=C=C(CC(C)c1ccccc1)NC(C)=O. The van der Waals surface area contributed by atoms with Gasteiger partial charge in [0.05, 0.1) is 5.70 Å². The minimum absolute atomic E-state index is 0.0774. The van der Waals surface area contributed by atoms with Crippen LogP contribution in [0.25, 0.3) is 0 Å². The predicted octanol–water partition coefficient (Wildman–Crippen LogP) is 2.99. The summed E-state index contributed by atoms with van der Waals surface area (Å²) in [5.41, 5.74) is 4.77. The molecule has 2 nitrogen and oxygen atoms in total. The van der Waals surface area contributed by atoms with Crippen LogP contribution < -0.4 is 5.32 Å². The highest BCUT2D eigenvalue weighted by Crippen LogP contribution is 2.21. The van der Waals surface area contributed by atoms with Crippen LogP contribution in [0.4, 0.5) is 0 Å². The Morgan fingerprint density at radius 3 is 2.56 bits per heavy atom. The van der Waals surface area contributed by atoms with Crippen molar-refractivity contribution in [3.8, 4) is 0 Å². The first-order chi connectivity index (χ1) is 7.63. The van der Waals surface area contributed by atoms with Gasteiger partial charge in [-0.3, -0.25) is 4.79 Å². The second-order valence-corrected chi connectivity index (χ2v) is 3.85. The third-order valence-electron chi connectivity index (χ3n) is 2.42. The van der Waals surface area contributed by atoms with Gasteiger partial charge < -0.3 is 5.32 Å². The Hall–Kier alpha value is -1.79. The number of hydrogen-bond acceptors (Lipinski definition) is 1. The number of hydrogen-bond donors (Lipinski definition) is 1. The van der Waals surface area contributed by atoms with Crippen molar-refractivity contribution in [2.45, 2.75) is 26.2 Å². The molecule has 1 N–H and O–H groups in total. The molecule has 0 spiro atoms. The summed E-state index contributed by atoms with van der Waals surface area (Å²) in [6, 6.07) is 10.2. The predicted molar refractivity (Wildman–Crippen MR) is 65.9 cm³/mol. The van der Waals surface area contributed by atoms with Crippen LogP contribution in [0, 0.1) is 0 Å². The van der Waals surface area contributed by atoms with Gasteiger partial charge in [-0.15, -0.1) is 5.73 Å². The third-order valence-corrected chi connectivity index (χ3v) is 2.42. The third kappa shape index (κ3) is 3.76. The van der Waals surface area contributed by atoms with Crippen molar-refractivity contribution >= 4 is 5.91 Å². The van der Waals surface area contributed by atoms with Gasteiger partial charge in [-0.25, -0.2) is 0 Å². The lowest BCUT2D eigenvalue weighted by Crippen LogP contribution is -2.19. The average molecular weight is 215 g/mol. The van der Waals surface area contributed by atoms with Gasteiger partial charge in [0.2, 0.25) is 5.91 Å². The van der Waals surface area contributed by atoms with E-state index in [9.17, 15) is 4.79 Å². The molecular weight excluding hydrogens is 198 g/mol. The standard InChI is InChI=1S/C14H17NO/c1-4-14(15-12(3)16)10-11(2)13-8-6-5-7-9-13/h5-9,11H,1,10H2,2-3H3,(H,15,16). The molecule has 0 heterocycles. The highest BCUT2D eigenvalue weighted by Gasteiger charge is 2.08. The van der Waals surface area contributed by atoms with Crippen LogP contribution in [0.5, 0.6) is 0 Å². The van der Waals surface area contributed by atoms with Gasteiger partial charge in [0.25, 0.3) is 0 Å². The second-order valence-electron chi connectivity index (χ2n) is 3.85. The number of nitrogens with one attached hydrogen (secondary N) is 1. The Balaban J connectivity index is 2.67. The second kappa shape index (κ2) is 5.94. The van der Waals surface area contributed by atoms with Crippen molar-refractivity contribution in [1.82, 2.24) is 5.32 Å². The summed E-state index contributed by atoms with van der Waals surface area (Å²) in [6.45, 7) is 7.19. The molecule has 0 saturated heterocycles. The molecule has 0 saturated carbocycles.